The molecule has 0 aliphatic heterocycles. The fourth-order valence-electron chi connectivity index (χ4n) is 3.49. The summed E-state index contributed by atoms with van der Waals surface area (Å²) in [6, 6.07) is 13.0. The van der Waals surface area contributed by atoms with E-state index in [1.165, 1.54) is 9.21 Å². The Morgan fingerprint density at radius 1 is 0.971 bits per heavy atom. The maximum Gasteiger partial charge on any atom is 0.242 e. The Labute approximate surface area is 218 Å². The number of nitrogens with one attached hydrogen (secondary N) is 1. The van der Waals surface area contributed by atoms with E-state index in [2.05, 4.69) is 5.32 Å². The summed E-state index contributed by atoms with van der Waals surface area (Å²) >= 11 is 12.7. The van der Waals surface area contributed by atoms with Crippen LogP contribution in [0.2, 0.25) is 10.0 Å². The molecule has 0 fully saturated rings. The van der Waals surface area contributed by atoms with E-state index in [-0.39, 0.29) is 43.7 Å². The van der Waals surface area contributed by atoms with Crippen LogP contribution in [0, 0.1) is 5.92 Å². The minimum absolute atomic E-state index is 0.0444. The maximum absolute atomic E-state index is 13.3. The molecule has 0 saturated carbocycles. The van der Waals surface area contributed by atoms with Gasteiger partial charge in [-0.3, -0.25) is 13.9 Å². The molecule has 1 N–H and O–H groups in total. The zero-order chi connectivity index (χ0) is 26.2. The Morgan fingerprint density at radius 2 is 1.57 bits per heavy atom. The number of amides is 2. The first-order chi connectivity index (χ1) is 16.4. The number of rotatable bonds is 12. The standard InChI is InChI=1S/C25H33Cl2N3O4S/c1-18(2)16-28-25(32)19(3)29(17-21-22(26)12-8-13-23(21)27)24(31)14-9-15-30(35(4,33)34)20-10-6-5-7-11-20/h5-8,10-13,18-19H,9,14-17H2,1-4H3,(H,28,32)/t19-/m1/s1. The van der Waals surface area contributed by atoms with E-state index in [0.717, 1.165) is 6.26 Å². The van der Waals surface area contributed by atoms with Crippen LogP contribution in [-0.2, 0) is 26.2 Å². The van der Waals surface area contributed by atoms with E-state index in [1.807, 2.05) is 13.8 Å². The van der Waals surface area contributed by atoms with Crippen molar-refractivity contribution < 1.29 is 18.0 Å². The molecule has 7 nitrogen and oxygen atoms in total. The van der Waals surface area contributed by atoms with Gasteiger partial charge in [-0.25, -0.2) is 8.42 Å². The number of hydrogen-bond acceptors (Lipinski definition) is 4. The zero-order valence-electron chi connectivity index (χ0n) is 20.5. The molecule has 0 bridgehead atoms. The van der Waals surface area contributed by atoms with Gasteiger partial charge in [0.25, 0.3) is 0 Å². The Bertz CT molecular complexity index is 1090. The zero-order valence-corrected chi connectivity index (χ0v) is 22.8. The molecule has 192 valence electrons. The summed E-state index contributed by atoms with van der Waals surface area (Å²) in [7, 11) is -3.53. The smallest absolute Gasteiger partial charge is 0.242 e. The Balaban J connectivity index is 2.20. The first kappa shape index (κ1) is 28.9. The fourth-order valence-corrected chi connectivity index (χ4v) is 4.97. The third kappa shape index (κ3) is 8.70. The normalized spacial score (nSPS) is 12.3. The molecule has 0 aliphatic rings. The summed E-state index contributed by atoms with van der Waals surface area (Å²) in [4.78, 5) is 27.5. The van der Waals surface area contributed by atoms with Crippen molar-refractivity contribution in [2.24, 2.45) is 5.92 Å². The van der Waals surface area contributed by atoms with Crippen molar-refractivity contribution in [1.82, 2.24) is 10.2 Å². The maximum atomic E-state index is 13.3. The molecule has 2 amide bonds. The first-order valence-corrected chi connectivity index (χ1v) is 14.0. The number of sulfonamides is 1. The highest BCUT2D eigenvalue weighted by atomic mass is 35.5. The second kappa shape index (κ2) is 13.1. The molecule has 0 heterocycles. The Hall–Kier alpha value is -2.29. The number of carbonyl (C=O) groups excluding carboxylic acids is 2. The van der Waals surface area contributed by atoms with E-state index < -0.39 is 16.1 Å². The van der Waals surface area contributed by atoms with Crippen LogP contribution in [0.5, 0.6) is 0 Å². The largest absolute Gasteiger partial charge is 0.354 e. The predicted octanol–water partition coefficient (Wildman–Crippen LogP) is 4.73. The summed E-state index contributed by atoms with van der Waals surface area (Å²) in [5, 5.41) is 3.66. The monoisotopic (exact) mass is 541 g/mol. The van der Waals surface area contributed by atoms with Gasteiger partial charge in [-0.05, 0) is 43.5 Å². The van der Waals surface area contributed by atoms with Crippen molar-refractivity contribution in [3.8, 4) is 0 Å². The summed E-state index contributed by atoms with van der Waals surface area (Å²) in [6.07, 6.45) is 1.45. The molecule has 10 heteroatoms. The van der Waals surface area contributed by atoms with Gasteiger partial charge in [0, 0.05) is 41.7 Å². The quantitative estimate of drug-likeness (QED) is 0.420. The molecular weight excluding hydrogens is 509 g/mol. The number of anilines is 1. The minimum atomic E-state index is -3.53. The number of carbonyl (C=O) groups is 2. The molecule has 0 saturated heterocycles. The number of benzene rings is 2. The van der Waals surface area contributed by atoms with Gasteiger partial charge in [-0.1, -0.05) is 61.3 Å². The highest BCUT2D eigenvalue weighted by molar-refractivity contribution is 7.92. The summed E-state index contributed by atoms with van der Waals surface area (Å²) in [5.41, 5.74) is 1.08. The third-order valence-corrected chi connectivity index (χ3v) is 7.34. The lowest BCUT2D eigenvalue weighted by atomic mass is 10.1. The van der Waals surface area contributed by atoms with Gasteiger partial charge in [-0.2, -0.15) is 0 Å². The molecule has 0 unspecified atom stereocenters. The highest BCUT2D eigenvalue weighted by Crippen LogP contribution is 2.27. The molecule has 0 aromatic heterocycles. The van der Waals surface area contributed by atoms with Crippen molar-refractivity contribution >= 4 is 50.7 Å². The van der Waals surface area contributed by atoms with Crippen LogP contribution in [0.3, 0.4) is 0 Å². The number of halogens is 2. The average molecular weight is 543 g/mol. The predicted molar refractivity (Wildman–Crippen MR) is 142 cm³/mol. The van der Waals surface area contributed by atoms with Gasteiger partial charge in [0.1, 0.15) is 6.04 Å². The van der Waals surface area contributed by atoms with E-state index >= 15 is 0 Å². The van der Waals surface area contributed by atoms with Crippen LogP contribution >= 0.6 is 23.2 Å². The molecule has 2 rings (SSSR count). The summed E-state index contributed by atoms with van der Waals surface area (Å²) in [5.74, 6) is -0.319. The van der Waals surface area contributed by atoms with Gasteiger partial charge in [0.2, 0.25) is 21.8 Å². The van der Waals surface area contributed by atoms with E-state index in [1.54, 1.807) is 55.5 Å². The summed E-state index contributed by atoms with van der Waals surface area (Å²) in [6.45, 7) is 6.30. The van der Waals surface area contributed by atoms with Crippen molar-refractivity contribution in [2.75, 3.05) is 23.7 Å². The van der Waals surface area contributed by atoms with Crippen LogP contribution < -0.4 is 9.62 Å². The van der Waals surface area contributed by atoms with Crippen LogP contribution in [0.4, 0.5) is 5.69 Å². The van der Waals surface area contributed by atoms with Crippen LogP contribution in [0.25, 0.3) is 0 Å². The van der Waals surface area contributed by atoms with Crippen LogP contribution in [0.1, 0.15) is 39.2 Å². The molecule has 1 atom stereocenters. The molecule has 2 aromatic rings. The number of para-hydroxylation sites is 1. The van der Waals surface area contributed by atoms with Gasteiger partial charge in [-0.15, -0.1) is 0 Å². The van der Waals surface area contributed by atoms with Crippen molar-refractivity contribution in [3.05, 3.63) is 64.1 Å². The third-order valence-electron chi connectivity index (χ3n) is 5.44. The van der Waals surface area contributed by atoms with Crippen LogP contribution in [0.15, 0.2) is 48.5 Å². The molecular formula is C25H33Cl2N3O4S. The van der Waals surface area contributed by atoms with Gasteiger partial charge in [0.15, 0.2) is 0 Å². The summed E-state index contributed by atoms with van der Waals surface area (Å²) < 4.78 is 25.9. The number of nitrogens with zero attached hydrogens (tertiary/aromatic N) is 2. The Kier molecular flexibility index (Phi) is 10.9. The van der Waals surface area contributed by atoms with Gasteiger partial charge < -0.3 is 10.2 Å². The second-order valence-electron chi connectivity index (χ2n) is 8.81. The van der Waals surface area contributed by atoms with Crippen molar-refractivity contribution in [1.29, 1.82) is 0 Å². The minimum Gasteiger partial charge on any atom is -0.354 e. The fraction of sp³-hybridized carbons (Fsp3) is 0.440. The van der Waals surface area contributed by atoms with E-state index in [9.17, 15) is 18.0 Å². The van der Waals surface area contributed by atoms with Crippen molar-refractivity contribution in [2.45, 2.75) is 46.2 Å². The SMILES string of the molecule is CC(C)CNC(=O)[C@@H](C)N(Cc1c(Cl)cccc1Cl)C(=O)CCCN(c1ccccc1)S(C)(=O)=O. The van der Waals surface area contributed by atoms with E-state index in [4.69, 9.17) is 23.2 Å². The molecule has 0 spiro atoms. The molecule has 35 heavy (non-hydrogen) atoms. The number of hydrogen-bond donors (Lipinski definition) is 1. The highest BCUT2D eigenvalue weighted by Gasteiger charge is 2.28. The second-order valence-corrected chi connectivity index (χ2v) is 11.5. The van der Waals surface area contributed by atoms with Crippen molar-refractivity contribution in [3.63, 3.8) is 0 Å². The Morgan fingerprint density at radius 3 is 2.11 bits per heavy atom. The lowest BCUT2D eigenvalue weighted by Crippen LogP contribution is -2.48. The molecule has 2 aromatic carbocycles. The van der Waals surface area contributed by atoms with Gasteiger partial charge in [0.05, 0.1) is 11.9 Å². The van der Waals surface area contributed by atoms with Gasteiger partial charge >= 0.3 is 0 Å². The van der Waals surface area contributed by atoms with Crippen LogP contribution in [-0.4, -0.2) is 50.5 Å². The van der Waals surface area contributed by atoms with E-state index in [0.29, 0.717) is 27.8 Å². The lowest BCUT2D eigenvalue weighted by Gasteiger charge is -2.30. The first-order valence-electron chi connectivity index (χ1n) is 11.4. The lowest BCUT2D eigenvalue weighted by molar-refractivity contribution is -0.140. The molecule has 0 radical (unpaired) electrons. The molecule has 0 aliphatic carbocycles. The topological polar surface area (TPSA) is 86.8 Å². The average Bonchev–Trinajstić information content (AvgIpc) is 2.79.